The fraction of sp³-hybridized carbons (Fsp3) is 0.818. The van der Waals surface area contributed by atoms with Gasteiger partial charge in [-0.3, -0.25) is 4.79 Å². The standard InChI is InChI=1S/C11H18O4/c1-5-7(2)9(12)15-11(4)6-8(3)14-10(11)13/h7-8H,5-6H2,1-4H3. The molecule has 1 aliphatic heterocycles. The number of cyclic esters (lactones) is 1. The molecule has 0 spiro atoms. The zero-order chi connectivity index (χ0) is 11.6. The predicted molar refractivity (Wildman–Crippen MR) is 54.1 cm³/mol. The molecule has 86 valence electrons. The van der Waals surface area contributed by atoms with Crippen LogP contribution in [0.5, 0.6) is 0 Å². The van der Waals surface area contributed by atoms with Crippen molar-refractivity contribution in [2.75, 3.05) is 0 Å². The Kier molecular flexibility index (Phi) is 3.37. The maximum atomic E-state index is 11.6. The molecule has 1 heterocycles. The molecule has 1 saturated heterocycles. The Labute approximate surface area is 89.9 Å². The highest BCUT2D eigenvalue weighted by Crippen LogP contribution is 2.29. The fourth-order valence-electron chi connectivity index (χ4n) is 1.55. The Bertz CT molecular complexity index is 274. The van der Waals surface area contributed by atoms with Crippen LogP contribution in [0.3, 0.4) is 0 Å². The first-order chi connectivity index (χ1) is 6.89. The zero-order valence-corrected chi connectivity index (χ0v) is 9.70. The van der Waals surface area contributed by atoms with Crippen molar-refractivity contribution in [3.05, 3.63) is 0 Å². The van der Waals surface area contributed by atoms with Gasteiger partial charge in [0.1, 0.15) is 6.10 Å². The minimum absolute atomic E-state index is 0.174. The van der Waals surface area contributed by atoms with Crippen molar-refractivity contribution in [2.45, 2.75) is 52.2 Å². The third-order valence-corrected chi connectivity index (χ3v) is 2.76. The molecule has 1 fully saturated rings. The molecule has 4 heteroatoms. The summed E-state index contributed by atoms with van der Waals surface area (Å²) in [6, 6.07) is 0. The molecule has 0 radical (unpaired) electrons. The first kappa shape index (κ1) is 12.0. The van der Waals surface area contributed by atoms with E-state index in [9.17, 15) is 9.59 Å². The van der Waals surface area contributed by atoms with Crippen molar-refractivity contribution in [1.29, 1.82) is 0 Å². The first-order valence-electron chi connectivity index (χ1n) is 5.33. The van der Waals surface area contributed by atoms with Crippen LogP contribution in [-0.4, -0.2) is 23.6 Å². The first-order valence-corrected chi connectivity index (χ1v) is 5.33. The zero-order valence-electron chi connectivity index (χ0n) is 9.70. The maximum Gasteiger partial charge on any atom is 0.350 e. The minimum atomic E-state index is -1.08. The van der Waals surface area contributed by atoms with E-state index in [1.807, 2.05) is 6.92 Å². The summed E-state index contributed by atoms with van der Waals surface area (Å²) >= 11 is 0. The van der Waals surface area contributed by atoms with Crippen LogP contribution in [-0.2, 0) is 19.1 Å². The molecule has 3 unspecified atom stereocenters. The van der Waals surface area contributed by atoms with Crippen LogP contribution >= 0.6 is 0 Å². The molecular weight excluding hydrogens is 196 g/mol. The summed E-state index contributed by atoms with van der Waals surface area (Å²) < 4.78 is 10.2. The molecule has 0 N–H and O–H groups in total. The Balaban J connectivity index is 2.64. The molecule has 0 bridgehead atoms. The van der Waals surface area contributed by atoms with Crippen LogP contribution in [0.2, 0.25) is 0 Å². The van der Waals surface area contributed by atoms with Gasteiger partial charge >= 0.3 is 11.9 Å². The molecule has 15 heavy (non-hydrogen) atoms. The normalized spacial score (nSPS) is 32.3. The van der Waals surface area contributed by atoms with Crippen molar-refractivity contribution in [3.63, 3.8) is 0 Å². The van der Waals surface area contributed by atoms with Crippen molar-refractivity contribution in [1.82, 2.24) is 0 Å². The van der Waals surface area contributed by atoms with Crippen molar-refractivity contribution in [3.8, 4) is 0 Å². The molecular formula is C11H18O4. The van der Waals surface area contributed by atoms with E-state index in [0.29, 0.717) is 12.8 Å². The van der Waals surface area contributed by atoms with Crippen LogP contribution in [0.15, 0.2) is 0 Å². The van der Waals surface area contributed by atoms with Gasteiger partial charge in [-0.25, -0.2) is 4.79 Å². The van der Waals surface area contributed by atoms with Gasteiger partial charge < -0.3 is 9.47 Å². The number of carbonyl (C=O) groups excluding carboxylic acids is 2. The smallest absolute Gasteiger partial charge is 0.350 e. The van der Waals surface area contributed by atoms with Gasteiger partial charge in [0.15, 0.2) is 0 Å². The van der Waals surface area contributed by atoms with Gasteiger partial charge in [0, 0.05) is 6.42 Å². The average molecular weight is 214 g/mol. The fourth-order valence-corrected chi connectivity index (χ4v) is 1.55. The molecule has 1 rings (SSSR count). The Morgan fingerprint density at radius 1 is 1.73 bits per heavy atom. The van der Waals surface area contributed by atoms with E-state index >= 15 is 0 Å². The van der Waals surface area contributed by atoms with Gasteiger partial charge in [-0.15, -0.1) is 0 Å². The van der Waals surface area contributed by atoms with E-state index in [1.165, 1.54) is 0 Å². The predicted octanol–water partition coefficient (Wildman–Crippen LogP) is 1.67. The van der Waals surface area contributed by atoms with Crippen molar-refractivity contribution < 1.29 is 19.1 Å². The summed E-state index contributed by atoms with van der Waals surface area (Å²) in [5, 5.41) is 0. The SMILES string of the molecule is CCC(C)C(=O)OC1(C)CC(C)OC1=O. The third kappa shape index (κ3) is 2.49. The lowest BCUT2D eigenvalue weighted by molar-refractivity contribution is -0.173. The number of ether oxygens (including phenoxy) is 2. The lowest BCUT2D eigenvalue weighted by atomic mass is 10.0. The summed E-state index contributed by atoms with van der Waals surface area (Å²) in [6.07, 6.45) is 0.972. The maximum absolute atomic E-state index is 11.6. The lowest BCUT2D eigenvalue weighted by Crippen LogP contribution is -2.38. The van der Waals surface area contributed by atoms with E-state index in [-0.39, 0.29) is 18.0 Å². The highest BCUT2D eigenvalue weighted by atomic mass is 16.6. The van der Waals surface area contributed by atoms with Crippen molar-refractivity contribution in [2.24, 2.45) is 5.92 Å². The van der Waals surface area contributed by atoms with E-state index < -0.39 is 11.6 Å². The van der Waals surface area contributed by atoms with Crippen LogP contribution < -0.4 is 0 Å². The van der Waals surface area contributed by atoms with Crippen LogP contribution in [0, 0.1) is 5.92 Å². The van der Waals surface area contributed by atoms with Gasteiger partial charge in [-0.2, -0.15) is 0 Å². The van der Waals surface area contributed by atoms with Gasteiger partial charge in [0.2, 0.25) is 5.60 Å². The third-order valence-electron chi connectivity index (χ3n) is 2.76. The summed E-state index contributed by atoms with van der Waals surface area (Å²) in [7, 11) is 0. The van der Waals surface area contributed by atoms with Crippen molar-refractivity contribution >= 4 is 11.9 Å². The topological polar surface area (TPSA) is 52.6 Å². The average Bonchev–Trinajstić information content (AvgIpc) is 2.38. The molecule has 0 amide bonds. The van der Waals surface area contributed by atoms with Gasteiger partial charge in [-0.05, 0) is 20.3 Å². The lowest BCUT2D eigenvalue weighted by Gasteiger charge is -2.21. The number of hydrogen-bond donors (Lipinski definition) is 0. The van der Waals surface area contributed by atoms with E-state index in [2.05, 4.69) is 0 Å². The molecule has 0 saturated carbocycles. The monoisotopic (exact) mass is 214 g/mol. The minimum Gasteiger partial charge on any atom is -0.460 e. The molecule has 4 nitrogen and oxygen atoms in total. The number of rotatable bonds is 3. The summed E-state index contributed by atoms with van der Waals surface area (Å²) in [5.74, 6) is -0.941. The van der Waals surface area contributed by atoms with E-state index in [1.54, 1.807) is 20.8 Å². The second-order valence-electron chi connectivity index (χ2n) is 4.38. The second-order valence-corrected chi connectivity index (χ2v) is 4.38. The molecule has 3 atom stereocenters. The largest absolute Gasteiger partial charge is 0.460 e. The Morgan fingerprint density at radius 2 is 2.33 bits per heavy atom. The number of hydrogen-bond acceptors (Lipinski definition) is 4. The quantitative estimate of drug-likeness (QED) is 0.670. The highest BCUT2D eigenvalue weighted by molar-refractivity contribution is 5.85. The number of esters is 2. The highest BCUT2D eigenvalue weighted by Gasteiger charge is 2.47. The second kappa shape index (κ2) is 4.21. The summed E-state index contributed by atoms with van der Waals surface area (Å²) in [5.41, 5.74) is -1.08. The van der Waals surface area contributed by atoms with Crippen LogP contribution in [0.25, 0.3) is 0 Å². The van der Waals surface area contributed by atoms with Gasteiger partial charge in [0.05, 0.1) is 5.92 Å². The molecule has 1 aliphatic rings. The summed E-state index contributed by atoms with van der Waals surface area (Å²) in [4.78, 5) is 23.0. The van der Waals surface area contributed by atoms with E-state index in [0.717, 1.165) is 0 Å². The van der Waals surface area contributed by atoms with Gasteiger partial charge in [0.25, 0.3) is 0 Å². The summed E-state index contributed by atoms with van der Waals surface area (Å²) in [6.45, 7) is 7.10. The van der Waals surface area contributed by atoms with E-state index in [4.69, 9.17) is 9.47 Å². The Morgan fingerprint density at radius 3 is 2.73 bits per heavy atom. The molecule has 0 aromatic heterocycles. The number of carbonyl (C=O) groups is 2. The molecule has 0 aromatic carbocycles. The molecule has 0 aliphatic carbocycles. The molecule has 0 aromatic rings. The van der Waals surface area contributed by atoms with Crippen LogP contribution in [0.4, 0.5) is 0 Å². The Hall–Kier alpha value is -1.06. The van der Waals surface area contributed by atoms with Crippen LogP contribution in [0.1, 0.15) is 40.5 Å². The van der Waals surface area contributed by atoms with Gasteiger partial charge in [-0.1, -0.05) is 13.8 Å².